The highest BCUT2D eigenvalue weighted by Gasteiger charge is 2.17. The molecule has 0 saturated carbocycles. The number of carbonyl (C=O) groups is 1. The largest absolute Gasteiger partial charge is 0.383 e. The monoisotopic (exact) mass is 414 g/mol. The molecule has 0 aromatic heterocycles. The molecule has 1 atom stereocenters. The first-order valence-corrected chi connectivity index (χ1v) is 11.0. The number of amides is 1. The van der Waals surface area contributed by atoms with Crippen LogP contribution in [0.1, 0.15) is 49.5 Å². The summed E-state index contributed by atoms with van der Waals surface area (Å²) in [7, 11) is -3.63. The topological polar surface area (TPSA) is 111 Å². The molecule has 2 rings (SSSR count). The Kier molecular flexibility index (Phi) is 7.76. The number of nitrogens with zero attached hydrogens (tertiary/aromatic N) is 1. The van der Waals surface area contributed by atoms with E-state index in [0.717, 1.165) is 18.7 Å². The molecule has 8 heteroatoms. The summed E-state index contributed by atoms with van der Waals surface area (Å²) in [6.45, 7) is 6.44. The van der Waals surface area contributed by atoms with Gasteiger partial charge in [0, 0.05) is 18.2 Å². The second-order valence-corrected chi connectivity index (χ2v) is 8.42. The predicted molar refractivity (Wildman–Crippen MR) is 114 cm³/mol. The highest BCUT2D eigenvalue weighted by Crippen LogP contribution is 2.24. The van der Waals surface area contributed by atoms with Gasteiger partial charge in [-0.15, -0.1) is 0 Å². The Balaban J connectivity index is 2.21. The number of anilines is 2. The van der Waals surface area contributed by atoms with Gasteiger partial charge in [0.15, 0.2) is 0 Å². The van der Waals surface area contributed by atoms with Crippen LogP contribution in [-0.2, 0) is 10.0 Å². The van der Waals surface area contributed by atoms with E-state index >= 15 is 0 Å². The van der Waals surface area contributed by atoms with E-state index in [2.05, 4.69) is 21.4 Å². The summed E-state index contributed by atoms with van der Waals surface area (Å²) < 4.78 is 27.3. The lowest BCUT2D eigenvalue weighted by atomic mass is 10.1. The first kappa shape index (κ1) is 22.4. The maximum Gasteiger partial charge on any atom is 0.255 e. The first-order valence-electron chi connectivity index (χ1n) is 9.52. The number of nitriles is 1. The SMILES string of the molecule is CCCNc1ccc(C#N)cc1NC(=O)c1ccc(S(=O)(=O)N[C@H](C)CC)cc1. The van der Waals surface area contributed by atoms with E-state index < -0.39 is 15.9 Å². The highest BCUT2D eigenvalue weighted by atomic mass is 32.2. The van der Waals surface area contributed by atoms with Crippen molar-refractivity contribution >= 4 is 27.3 Å². The van der Waals surface area contributed by atoms with Gasteiger partial charge in [0.05, 0.1) is 27.9 Å². The summed E-state index contributed by atoms with van der Waals surface area (Å²) >= 11 is 0. The Labute approximate surface area is 172 Å². The van der Waals surface area contributed by atoms with Gasteiger partial charge in [-0.25, -0.2) is 13.1 Å². The Morgan fingerprint density at radius 2 is 1.79 bits per heavy atom. The first-order chi connectivity index (χ1) is 13.8. The third kappa shape index (κ3) is 6.04. The minimum atomic E-state index is -3.63. The molecule has 1 amide bonds. The van der Waals surface area contributed by atoms with Crippen LogP contribution < -0.4 is 15.4 Å². The summed E-state index contributed by atoms with van der Waals surface area (Å²) in [6, 6.07) is 12.6. The van der Waals surface area contributed by atoms with Crippen molar-refractivity contribution in [3.05, 3.63) is 53.6 Å². The summed E-state index contributed by atoms with van der Waals surface area (Å²) in [6.07, 6.45) is 1.59. The Morgan fingerprint density at radius 3 is 2.38 bits per heavy atom. The molecule has 7 nitrogen and oxygen atoms in total. The standard InChI is InChI=1S/C21H26N4O3S/c1-4-12-23-19-11-6-16(14-22)13-20(19)24-21(26)17-7-9-18(10-8-17)29(27,28)25-15(3)5-2/h6-11,13,15,23,25H,4-5,12H2,1-3H3,(H,24,26)/t15-/m1/s1. The fourth-order valence-corrected chi connectivity index (χ4v) is 3.85. The maximum atomic E-state index is 12.6. The van der Waals surface area contributed by atoms with Crippen molar-refractivity contribution in [2.24, 2.45) is 0 Å². The molecule has 0 heterocycles. The minimum Gasteiger partial charge on any atom is -0.383 e. The summed E-state index contributed by atoms with van der Waals surface area (Å²) in [4.78, 5) is 12.7. The molecule has 0 aliphatic carbocycles. The smallest absolute Gasteiger partial charge is 0.255 e. The highest BCUT2D eigenvalue weighted by molar-refractivity contribution is 7.89. The molecule has 0 saturated heterocycles. The van der Waals surface area contributed by atoms with Gasteiger partial charge in [0.25, 0.3) is 5.91 Å². The molecular formula is C21H26N4O3S. The fourth-order valence-electron chi connectivity index (χ4n) is 2.53. The molecule has 2 aromatic carbocycles. The van der Waals surface area contributed by atoms with Gasteiger partial charge in [0.2, 0.25) is 10.0 Å². The van der Waals surface area contributed by atoms with Crippen molar-refractivity contribution in [3.8, 4) is 6.07 Å². The molecule has 0 bridgehead atoms. The van der Waals surface area contributed by atoms with E-state index in [4.69, 9.17) is 5.26 Å². The number of hydrogen-bond donors (Lipinski definition) is 3. The van der Waals surface area contributed by atoms with Crippen LogP contribution in [0.25, 0.3) is 0 Å². The number of nitrogens with one attached hydrogen (secondary N) is 3. The second kappa shape index (κ2) is 10.0. The molecule has 0 spiro atoms. The van der Waals surface area contributed by atoms with Crippen LogP contribution in [0.4, 0.5) is 11.4 Å². The Hall–Kier alpha value is -2.89. The summed E-state index contributed by atoms with van der Waals surface area (Å²) in [5.41, 5.74) is 1.96. The number of sulfonamides is 1. The van der Waals surface area contributed by atoms with Gasteiger partial charge >= 0.3 is 0 Å². The molecule has 0 fully saturated rings. The van der Waals surface area contributed by atoms with Crippen LogP contribution in [-0.4, -0.2) is 26.9 Å². The third-order valence-corrected chi connectivity index (χ3v) is 5.96. The van der Waals surface area contributed by atoms with Crippen molar-refractivity contribution in [2.45, 2.75) is 44.6 Å². The van der Waals surface area contributed by atoms with Crippen molar-refractivity contribution in [1.82, 2.24) is 4.72 Å². The van der Waals surface area contributed by atoms with Crippen LogP contribution in [0.15, 0.2) is 47.4 Å². The molecule has 0 unspecified atom stereocenters. The van der Waals surface area contributed by atoms with Gasteiger partial charge in [-0.3, -0.25) is 4.79 Å². The fraction of sp³-hybridized carbons (Fsp3) is 0.333. The third-order valence-electron chi connectivity index (χ3n) is 4.36. The van der Waals surface area contributed by atoms with E-state index in [1.54, 1.807) is 25.1 Å². The average molecular weight is 415 g/mol. The lowest BCUT2D eigenvalue weighted by Crippen LogP contribution is -2.32. The molecule has 0 aliphatic heterocycles. The van der Waals surface area contributed by atoms with Gasteiger partial charge in [0.1, 0.15) is 0 Å². The lowest BCUT2D eigenvalue weighted by Gasteiger charge is -2.14. The zero-order valence-corrected chi connectivity index (χ0v) is 17.6. The van der Waals surface area contributed by atoms with E-state index in [-0.39, 0.29) is 10.9 Å². The van der Waals surface area contributed by atoms with Crippen molar-refractivity contribution < 1.29 is 13.2 Å². The molecule has 2 aromatic rings. The van der Waals surface area contributed by atoms with Crippen LogP contribution in [0.5, 0.6) is 0 Å². The van der Waals surface area contributed by atoms with Crippen LogP contribution in [0, 0.1) is 11.3 Å². The lowest BCUT2D eigenvalue weighted by molar-refractivity contribution is 0.102. The molecule has 0 radical (unpaired) electrons. The average Bonchev–Trinajstić information content (AvgIpc) is 2.72. The van der Waals surface area contributed by atoms with Crippen LogP contribution in [0.2, 0.25) is 0 Å². The second-order valence-electron chi connectivity index (χ2n) is 6.71. The predicted octanol–water partition coefficient (Wildman–Crippen LogP) is 3.71. The van der Waals surface area contributed by atoms with E-state index in [1.807, 2.05) is 13.8 Å². The normalized spacial score (nSPS) is 12.1. The Morgan fingerprint density at radius 1 is 1.10 bits per heavy atom. The number of rotatable bonds is 9. The van der Waals surface area contributed by atoms with Gasteiger partial charge < -0.3 is 10.6 Å². The minimum absolute atomic E-state index is 0.103. The molecule has 3 N–H and O–H groups in total. The number of carbonyl (C=O) groups excluding carboxylic acids is 1. The number of hydrogen-bond acceptors (Lipinski definition) is 5. The van der Waals surface area contributed by atoms with Crippen molar-refractivity contribution in [3.63, 3.8) is 0 Å². The zero-order chi connectivity index (χ0) is 21.4. The van der Waals surface area contributed by atoms with Crippen molar-refractivity contribution in [1.29, 1.82) is 5.26 Å². The quantitative estimate of drug-likeness (QED) is 0.579. The van der Waals surface area contributed by atoms with E-state index in [1.165, 1.54) is 24.3 Å². The molecule has 0 aliphatic rings. The van der Waals surface area contributed by atoms with Gasteiger partial charge in [-0.1, -0.05) is 13.8 Å². The van der Waals surface area contributed by atoms with Crippen LogP contribution in [0.3, 0.4) is 0 Å². The molecular weight excluding hydrogens is 388 g/mol. The zero-order valence-electron chi connectivity index (χ0n) is 16.8. The van der Waals surface area contributed by atoms with Gasteiger partial charge in [-0.05, 0) is 62.2 Å². The maximum absolute atomic E-state index is 12.6. The summed E-state index contributed by atoms with van der Waals surface area (Å²) in [5, 5.41) is 15.1. The Bertz CT molecular complexity index is 996. The summed E-state index contributed by atoms with van der Waals surface area (Å²) in [5.74, 6) is -0.390. The molecule has 29 heavy (non-hydrogen) atoms. The van der Waals surface area contributed by atoms with E-state index in [0.29, 0.717) is 23.2 Å². The van der Waals surface area contributed by atoms with E-state index in [9.17, 15) is 13.2 Å². The molecule has 154 valence electrons. The number of benzene rings is 2. The van der Waals surface area contributed by atoms with Crippen LogP contribution >= 0.6 is 0 Å². The van der Waals surface area contributed by atoms with Gasteiger partial charge in [-0.2, -0.15) is 5.26 Å². The van der Waals surface area contributed by atoms with Crippen molar-refractivity contribution in [2.75, 3.05) is 17.2 Å².